The molecule has 0 aliphatic carbocycles. The van der Waals surface area contributed by atoms with E-state index in [2.05, 4.69) is 0 Å². The lowest BCUT2D eigenvalue weighted by atomic mass is 10.1. The highest BCUT2D eigenvalue weighted by Crippen LogP contribution is 2.28. The number of carbonyl (C=O) groups excluding carboxylic acids is 1. The topological polar surface area (TPSA) is 49.8 Å². The molecule has 1 aliphatic rings. The largest absolute Gasteiger partial charge is 0.508 e. The molecule has 0 saturated carbocycles. The Morgan fingerprint density at radius 3 is 2.87 bits per heavy atom. The molecule has 2 rings (SSSR count). The van der Waals surface area contributed by atoms with Crippen LogP contribution >= 0.6 is 0 Å². The molecule has 1 heterocycles. The van der Waals surface area contributed by atoms with E-state index in [-0.39, 0.29) is 11.7 Å². The molecule has 1 aromatic carbocycles. The summed E-state index contributed by atoms with van der Waals surface area (Å²) in [5, 5.41) is 9.27. The smallest absolute Gasteiger partial charge is 0.261 e. The van der Waals surface area contributed by atoms with Crippen LogP contribution in [0.1, 0.15) is 17.3 Å². The molecule has 4 heteroatoms. The van der Waals surface area contributed by atoms with Crippen LogP contribution in [0, 0.1) is 0 Å². The third kappa shape index (κ3) is 1.54. The zero-order valence-corrected chi connectivity index (χ0v) is 8.52. The van der Waals surface area contributed by atoms with Crippen LogP contribution in [-0.2, 0) is 0 Å². The van der Waals surface area contributed by atoms with Crippen LogP contribution in [0.25, 0.3) is 0 Å². The fourth-order valence-corrected chi connectivity index (χ4v) is 1.35. The van der Waals surface area contributed by atoms with E-state index in [4.69, 9.17) is 4.74 Å². The van der Waals surface area contributed by atoms with Crippen LogP contribution in [0.3, 0.4) is 0 Å². The van der Waals surface area contributed by atoms with Crippen LogP contribution < -0.4 is 4.74 Å². The molecule has 0 radical (unpaired) electrons. The minimum absolute atomic E-state index is 0.0807. The highest BCUT2D eigenvalue weighted by Gasteiger charge is 2.21. The summed E-state index contributed by atoms with van der Waals surface area (Å²) < 4.78 is 5.30. The number of ether oxygens (including phenoxy) is 1. The van der Waals surface area contributed by atoms with Gasteiger partial charge >= 0.3 is 0 Å². The van der Waals surface area contributed by atoms with Crippen molar-refractivity contribution in [1.29, 1.82) is 0 Å². The van der Waals surface area contributed by atoms with Crippen molar-refractivity contribution in [2.45, 2.75) is 6.92 Å². The molecular formula is C11H11NO3. The summed E-state index contributed by atoms with van der Waals surface area (Å²) in [6.45, 7) is 1.78. The minimum Gasteiger partial charge on any atom is -0.508 e. The number of aromatic hydroxyl groups is 1. The summed E-state index contributed by atoms with van der Waals surface area (Å²) in [5.41, 5.74) is 1.17. The molecule has 1 aliphatic heterocycles. The third-order valence-corrected chi connectivity index (χ3v) is 2.39. The second-order valence-electron chi connectivity index (χ2n) is 3.42. The first-order valence-electron chi connectivity index (χ1n) is 4.54. The molecule has 0 aromatic heterocycles. The van der Waals surface area contributed by atoms with E-state index in [1.54, 1.807) is 20.0 Å². The standard InChI is InChI=1S/C11H11NO3/c1-7-6-15-10-5-8(13)3-4-9(10)11(14)12(7)2/h3-6,13H,1-2H3. The fourth-order valence-electron chi connectivity index (χ4n) is 1.35. The van der Waals surface area contributed by atoms with E-state index in [1.807, 2.05) is 0 Å². The Morgan fingerprint density at radius 2 is 2.13 bits per heavy atom. The number of allylic oxidation sites excluding steroid dienone is 1. The van der Waals surface area contributed by atoms with Crippen LogP contribution in [0.15, 0.2) is 30.2 Å². The van der Waals surface area contributed by atoms with Crippen molar-refractivity contribution < 1.29 is 14.6 Å². The number of rotatable bonds is 0. The summed E-state index contributed by atoms with van der Waals surface area (Å²) >= 11 is 0. The average molecular weight is 205 g/mol. The number of nitrogens with zero attached hydrogens (tertiary/aromatic N) is 1. The van der Waals surface area contributed by atoms with Gasteiger partial charge in [0.15, 0.2) is 0 Å². The lowest BCUT2D eigenvalue weighted by Crippen LogP contribution is -2.23. The van der Waals surface area contributed by atoms with E-state index < -0.39 is 0 Å². The van der Waals surface area contributed by atoms with Crippen molar-refractivity contribution in [2.75, 3.05) is 7.05 Å². The summed E-state index contributed by atoms with van der Waals surface area (Å²) in [6.07, 6.45) is 1.49. The summed E-state index contributed by atoms with van der Waals surface area (Å²) in [7, 11) is 1.68. The third-order valence-electron chi connectivity index (χ3n) is 2.39. The summed E-state index contributed by atoms with van der Waals surface area (Å²) in [6, 6.07) is 4.45. The van der Waals surface area contributed by atoms with E-state index in [1.165, 1.54) is 23.3 Å². The van der Waals surface area contributed by atoms with Crippen LogP contribution in [0.2, 0.25) is 0 Å². The first kappa shape index (κ1) is 9.58. The number of amides is 1. The number of carbonyl (C=O) groups is 1. The SMILES string of the molecule is CC1=COc2cc(O)ccc2C(=O)N1C. The predicted molar refractivity (Wildman–Crippen MR) is 54.6 cm³/mol. The number of phenols is 1. The summed E-state index contributed by atoms with van der Waals surface area (Å²) in [5.74, 6) is 0.317. The molecule has 78 valence electrons. The van der Waals surface area contributed by atoms with Crippen molar-refractivity contribution in [3.8, 4) is 11.5 Å². The van der Waals surface area contributed by atoms with E-state index in [9.17, 15) is 9.90 Å². The minimum atomic E-state index is -0.142. The number of hydrogen-bond donors (Lipinski definition) is 1. The number of fused-ring (bicyclic) bond motifs is 1. The predicted octanol–water partition coefficient (Wildman–Crippen LogP) is 1.72. The molecule has 0 bridgehead atoms. The quantitative estimate of drug-likeness (QED) is 0.701. The lowest BCUT2D eigenvalue weighted by molar-refractivity contribution is 0.0838. The zero-order chi connectivity index (χ0) is 11.0. The molecule has 0 saturated heterocycles. The second kappa shape index (κ2) is 3.31. The molecule has 1 N–H and O–H groups in total. The molecule has 1 aromatic rings. The second-order valence-corrected chi connectivity index (χ2v) is 3.42. The van der Waals surface area contributed by atoms with Gasteiger partial charge in [0.2, 0.25) is 0 Å². The highest BCUT2D eigenvalue weighted by molar-refractivity contribution is 5.98. The fraction of sp³-hybridized carbons (Fsp3) is 0.182. The van der Waals surface area contributed by atoms with Gasteiger partial charge in [-0.25, -0.2) is 0 Å². The Balaban J connectivity index is 2.55. The van der Waals surface area contributed by atoms with Crippen molar-refractivity contribution in [2.24, 2.45) is 0 Å². The Morgan fingerprint density at radius 1 is 1.40 bits per heavy atom. The van der Waals surface area contributed by atoms with Gasteiger partial charge in [-0.2, -0.15) is 0 Å². The zero-order valence-electron chi connectivity index (χ0n) is 8.52. The Bertz CT molecular complexity index is 451. The molecule has 0 spiro atoms. The van der Waals surface area contributed by atoms with Crippen LogP contribution in [0.4, 0.5) is 0 Å². The van der Waals surface area contributed by atoms with Crippen LogP contribution in [0.5, 0.6) is 11.5 Å². The molecule has 1 amide bonds. The summed E-state index contributed by atoms with van der Waals surface area (Å²) in [4.78, 5) is 13.4. The Labute approximate surface area is 87.4 Å². The van der Waals surface area contributed by atoms with Gasteiger partial charge in [-0.15, -0.1) is 0 Å². The van der Waals surface area contributed by atoms with Crippen molar-refractivity contribution >= 4 is 5.91 Å². The van der Waals surface area contributed by atoms with Crippen molar-refractivity contribution in [1.82, 2.24) is 4.90 Å². The number of hydrogen-bond acceptors (Lipinski definition) is 3. The van der Waals surface area contributed by atoms with Crippen LogP contribution in [-0.4, -0.2) is 23.0 Å². The average Bonchev–Trinajstić information content (AvgIpc) is 2.32. The van der Waals surface area contributed by atoms with Gasteiger partial charge in [0.25, 0.3) is 5.91 Å². The lowest BCUT2D eigenvalue weighted by Gasteiger charge is -2.14. The van der Waals surface area contributed by atoms with Gasteiger partial charge < -0.3 is 14.7 Å². The van der Waals surface area contributed by atoms with E-state index >= 15 is 0 Å². The maximum Gasteiger partial charge on any atom is 0.261 e. The van der Waals surface area contributed by atoms with Gasteiger partial charge in [-0.1, -0.05) is 0 Å². The normalized spacial score (nSPS) is 15.2. The molecule has 15 heavy (non-hydrogen) atoms. The molecule has 0 fully saturated rings. The van der Waals surface area contributed by atoms with Gasteiger partial charge in [0.05, 0.1) is 11.3 Å². The Hall–Kier alpha value is -1.97. The molecule has 0 atom stereocenters. The van der Waals surface area contributed by atoms with Crippen molar-refractivity contribution in [3.05, 3.63) is 35.7 Å². The number of phenolic OH excluding ortho intramolecular Hbond substituents is 1. The number of benzene rings is 1. The van der Waals surface area contributed by atoms with Gasteiger partial charge in [0.1, 0.15) is 17.8 Å². The molecular weight excluding hydrogens is 194 g/mol. The monoisotopic (exact) mass is 205 g/mol. The van der Waals surface area contributed by atoms with Gasteiger partial charge in [-0.3, -0.25) is 4.79 Å². The maximum atomic E-state index is 11.9. The first-order valence-corrected chi connectivity index (χ1v) is 4.54. The van der Waals surface area contributed by atoms with Gasteiger partial charge in [0, 0.05) is 13.1 Å². The Kier molecular flexibility index (Phi) is 2.11. The molecule has 4 nitrogen and oxygen atoms in total. The van der Waals surface area contributed by atoms with Crippen molar-refractivity contribution in [3.63, 3.8) is 0 Å². The van der Waals surface area contributed by atoms with Gasteiger partial charge in [-0.05, 0) is 19.1 Å². The maximum absolute atomic E-state index is 11.9. The molecule has 0 unspecified atom stereocenters. The van der Waals surface area contributed by atoms with E-state index in [0.29, 0.717) is 11.3 Å². The highest BCUT2D eigenvalue weighted by atomic mass is 16.5. The first-order chi connectivity index (χ1) is 7.09. The van der Waals surface area contributed by atoms with E-state index in [0.717, 1.165) is 5.70 Å².